The molecule has 44 heavy (non-hydrogen) atoms. The molecule has 9 heteroatoms. The van der Waals surface area contributed by atoms with Gasteiger partial charge in [-0.25, -0.2) is 4.79 Å². The summed E-state index contributed by atoms with van der Waals surface area (Å²) in [6.07, 6.45) is -3.74. The van der Waals surface area contributed by atoms with Gasteiger partial charge in [-0.05, 0) is 33.1 Å². The summed E-state index contributed by atoms with van der Waals surface area (Å²) in [4.78, 5) is 12.1. The third-order valence-electron chi connectivity index (χ3n) is 8.25. The highest BCUT2D eigenvalue weighted by atomic mass is 28.4. The van der Waals surface area contributed by atoms with Gasteiger partial charge in [-0.3, -0.25) is 0 Å². The number of methoxy groups -OCH3 is 3. The Labute approximate surface area is 263 Å². The molecular formula is C35H48O8Si. The van der Waals surface area contributed by atoms with Crippen molar-refractivity contribution < 1.29 is 38.4 Å². The van der Waals surface area contributed by atoms with Gasteiger partial charge in [0, 0.05) is 18.4 Å². The largest absolute Gasteiger partial charge is 0.493 e. The topological polar surface area (TPSA) is 104 Å². The van der Waals surface area contributed by atoms with Gasteiger partial charge in [-0.1, -0.05) is 101 Å². The summed E-state index contributed by atoms with van der Waals surface area (Å²) in [6, 6.07) is 26.3. The summed E-state index contributed by atoms with van der Waals surface area (Å²) in [5, 5.41) is 23.7. The number of ether oxygens (including phenoxy) is 4. The van der Waals surface area contributed by atoms with Gasteiger partial charge in [0.25, 0.3) is 8.32 Å². The smallest absolute Gasteiger partial charge is 0.337 e. The zero-order chi connectivity index (χ0) is 32.5. The van der Waals surface area contributed by atoms with E-state index in [1.54, 1.807) is 27.2 Å². The molecule has 5 atom stereocenters. The maximum atomic E-state index is 12.1. The number of rotatable bonds is 15. The Balaban J connectivity index is 1.98. The highest BCUT2D eigenvalue weighted by molar-refractivity contribution is 6.99. The quantitative estimate of drug-likeness (QED) is 0.190. The van der Waals surface area contributed by atoms with Crippen molar-refractivity contribution in [3.8, 4) is 11.5 Å². The molecule has 0 bridgehead atoms. The van der Waals surface area contributed by atoms with Crippen molar-refractivity contribution in [2.75, 3.05) is 27.9 Å². The lowest BCUT2D eigenvalue weighted by Gasteiger charge is -2.44. The van der Waals surface area contributed by atoms with Crippen molar-refractivity contribution >= 4 is 24.7 Å². The van der Waals surface area contributed by atoms with E-state index in [2.05, 4.69) is 45.0 Å². The van der Waals surface area contributed by atoms with Crippen LogP contribution in [0.3, 0.4) is 0 Å². The zero-order valence-corrected chi connectivity index (χ0v) is 28.2. The molecule has 0 radical (unpaired) electrons. The molecule has 240 valence electrons. The van der Waals surface area contributed by atoms with E-state index in [-0.39, 0.29) is 17.6 Å². The Hall–Kier alpha value is -3.21. The average molecular weight is 625 g/mol. The summed E-state index contributed by atoms with van der Waals surface area (Å²) in [5.74, 6) is -0.625. The van der Waals surface area contributed by atoms with Crippen LogP contribution in [-0.2, 0) is 25.3 Å². The first kappa shape index (κ1) is 35.3. The maximum Gasteiger partial charge on any atom is 0.337 e. The van der Waals surface area contributed by atoms with Crippen LogP contribution in [0.1, 0.15) is 40.2 Å². The number of hydrogen-bond acceptors (Lipinski definition) is 8. The Morgan fingerprint density at radius 2 is 1.36 bits per heavy atom. The molecule has 3 aromatic carbocycles. The van der Waals surface area contributed by atoms with Gasteiger partial charge < -0.3 is 33.6 Å². The molecule has 3 rings (SSSR count). The fraction of sp³-hybridized carbons (Fsp3) is 0.457. The predicted octanol–water partition coefficient (Wildman–Crippen LogP) is 4.33. The predicted molar refractivity (Wildman–Crippen MR) is 174 cm³/mol. The number of carbonyl (C=O) groups is 1. The molecule has 2 N–H and O–H groups in total. The third kappa shape index (κ3) is 7.89. The van der Waals surface area contributed by atoms with E-state index in [9.17, 15) is 15.0 Å². The van der Waals surface area contributed by atoms with Crippen molar-refractivity contribution in [3.05, 3.63) is 84.4 Å². The molecule has 0 aliphatic carbocycles. The SMILES string of the molecule is COC(=O)[C@@H](O)[C@H](O)[C@H](C)[C@@H](OCc1ccc(OC)c(OC)c1)[C@H](C)CO[Si](c1ccccc1)(c1ccccc1)C(C)(C)C. The molecule has 0 saturated heterocycles. The van der Waals surface area contributed by atoms with E-state index < -0.39 is 38.5 Å². The summed E-state index contributed by atoms with van der Waals surface area (Å²) in [7, 11) is 1.48. The Morgan fingerprint density at radius 3 is 1.84 bits per heavy atom. The molecule has 0 unspecified atom stereocenters. The van der Waals surface area contributed by atoms with Crippen molar-refractivity contribution in [2.45, 2.75) is 64.6 Å². The number of esters is 1. The van der Waals surface area contributed by atoms with E-state index in [0.29, 0.717) is 18.1 Å². The number of aliphatic hydroxyl groups excluding tert-OH is 2. The molecule has 0 aliphatic heterocycles. The summed E-state index contributed by atoms with van der Waals surface area (Å²) >= 11 is 0. The summed E-state index contributed by atoms with van der Waals surface area (Å²) in [6.45, 7) is 10.9. The van der Waals surface area contributed by atoms with Crippen molar-refractivity contribution in [1.82, 2.24) is 0 Å². The van der Waals surface area contributed by atoms with Gasteiger partial charge in [0.1, 0.15) is 0 Å². The lowest BCUT2D eigenvalue weighted by molar-refractivity contribution is -0.163. The minimum Gasteiger partial charge on any atom is -0.493 e. The van der Waals surface area contributed by atoms with Gasteiger partial charge in [-0.2, -0.15) is 0 Å². The zero-order valence-electron chi connectivity index (χ0n) is 27.2. The molecule has 0 spiro atoms. The normalized spacial score (nSPS) is 15.5. The number of aliphatic hydroxyl groups is 2. The molecule has 0 amide bonds. The molecule has 0 aliphatic rings. The number of hydrogen-bond donors (Lipinski definition) is 2. The first-order chi connectivity index (χ1) is 20.9. The number of benzene rings is 3. The lowest BCUT2D eigenvalue weighted by atomic mass is 9.87. The van der Waals surface area contributed by atoms with Crippen LogP contribution in [0.15, 0.2) is 78.9 Å². The summed E-state index contributed by atoms with van der Waals surface area (Å²) in [5.41, 5.74) is 0.836. The third-order valence-corrected chi connectivity index (χ3v) is 13.3. The van der Waals surface area contributed by atoms with Gasteiger partial charge in [0.05, 0.1) is 40.1 Å². The maximum absolute atomic E-state index is 12.1. The molecule has 8 nitrogen and oxygen atoms in total. The first-order valence-electron chi connectivity index (χ1n) is 14.9. The van der Waals surface area contributed by atoms with E-state index in [0.717, 1.165) is 15.9 Å². The van der Waals surface area contributed by atoms with Crippen molar-refractivity contribution in [1.29, 1.82) is 0 Å². The molecule has 0 fully saturated rings. The Bertz CT molecular complexity index is 1270. The van der Waals surface area contributed by atoms with Gasteiger partial charge in [0.15, 0.2) is 17.6 Å². The van der Waals surface area contributed by atoms with E-state index >= 15 is 0 Å². The van der Waals surface area contributed by atoms with Gasteiger partial charge in [-0.15, -0.1) is 0 Å². The second-order valence-electron chi connectivity index (χ2n) is 12.2. The minimum absolute atomic E-state index is 0.194. The fourth-order valence-electron chi connectivity index (χ4n) is 5.85. The van der Waals surface area contributed by atoms with Crippen LogP contribution >= 0.6 is 0 Å². The van der Waals surface area contributed by atoms with Crippen LogP contribution in [0.25, 0.3) is 0 Å². The molecule has 0 aromatic heterocycles. The second kappa shape index (κ2) is 15.7. The van der Waals surface area contributed by atoms with Crippen molar-refractivity contribution in [2.24, 2.45) is 11.8 Å². The monoisotopic (exact) mass is 624 g/mol. The van der Waals surface area contributed by atoms with E-state index in [1.807, 2.05) is 55.5 Å². The fourth-order valence-corrected chi connectivity index (χ4v) is 10.5. The Morgan fingerprint density at radius 1 is 0.818 bits per heavy atom. The second-order valence-corrected chi connectivity index (χ2v) is 16.5. The van der Waals surface area contributed by atoms with Crippen LogP contribution in [0.2, 0.25) is 5.04 Å². The number of carbonyl (C=O) groups excluding carboxylic acids is 1. The van der Waals surface area contributed by atoms with Crippen LogP contribution in [0.4, 0.5) is 0 Å². The lowest BCUT2D eigenvalue weighted by Crippen LogP contribution is -2.67. The first-order valence-corrected chi connectivity index (χ1v) is 16.8. The standard InChI is InChI=1S/C35H48O8Si/c1-24(22-43-44(35(3,4)5,27-15-11-9-12-16-27)28-17-13-10-14-18-28)33(25(2)31(36)32(37)34(38)41-8)42-23-26-19-20-29(39-6)30(21-26)40-7/h9-21,24-25,31-33,36-37H,22-23H2,1-8H3/t24-,25+,31-,32+,33+/m1/s1. The van der Waals surface area contributed by atoms with Gasteiger partial charge >= 0.3 is 5.97 Å². The van der Waals surface area contributed by atoms with E-state index in [1.165, 1.54) is 7.11 Å². The highest BCUT2D eigenvalue weighted by Gasteiger charge is 2.50. The molecule has 0 saturated carbocycles. The Kier molecular flexibility index (Phi) is 12.6. The highest BCUT2D eigenvalue weighted by Crippen LogP contribution is 2.38. The molecule has 3 aromatic rings. The molecular weight excluding hydrogens is 576 g/mol. The molecule has 0 heterocycles. The van der Waals surface area contributed by atoms with Crippen LogP contribution in [0.5, 0.6) is 11.5 Å². The average Bonchev–Trinajstić information content (AvgIpc) is 3.04. The van der Waals surface area contributed by atoms with Gasteiger partial charge in [0.2, 0.25) is 0 Å². The minimum atomic E-state index is -2.85. The summed E-state index contributed by atoms with van der Waals surface area (Å²) < 4.78 is 29.2. The van der Waals surface area contributed by atoms with Crippen LogP contribution in [0, 0.1) is 11.8 Å². The van der Waals surface area contributed by atoms with E-state index in [4.69, 9.17) is 23.4 Å². The van der Waals surface area contributed by atoms with Crippen molar-refractivity contribution in [3.63, 3.8) is 0 Å². The van der Waals surface area contributed by atoms with Crippen LogP contribution < -0.4 is 19.8 Å². The van der Waals surface area contributed by atoms with Crippen LogP contribution in [-0.4, -0.2) is 70.7 Å².